The average molecular weight is 513 g/mol. The Labute approximate surface area is 211 Å². The molecule has 0 fully saturated rings. The molecule has 0 bridgehead atoms. The van der Waals surface area contributed by atoms with Gasteiger partial charge in [-0.3, -0.25) is 9.36 Å². The lowest BCUT2D eigenvalue weighted by Crippen LogP contribution is -2.40. The van der Waals surface area contributed by atoms with Crippen LogP contribution in [0.1, 0.15) is 43.9 Å². The normalized spacial score (nSPS) is 15.5. The molecule has 0 amide bonds. The van der Waals surface area contributed by atoms with Crippen LogP contribution in [0.5, 0.6) is 11.5 Å². The van der Waals surface area contributed by atoms with Gasteiger partial charge >= 0.3 is 5.97 Å². The van der Waals surface area contributed by atoms with E-state index in [2.05, 4.69) is 0 Å². The van der Waals surface area contributed by atoms with Gasteiger partial charge in [-0.25, -0.2) is 9.79 Å². The van der Waals surface area contributed by atoms with Gasteiger partial charge in [-0.05, 0) is 43.7 Å². The highest BCUT2D eigenvalue weighted by atomic mass is 35.5. The molecular weight excluding hydrogens is 488 g/mol. The number of allylic oxidation sites excluding steroid dienone is 1. The number of esters is 1. The number of halogens is 1. The van der Waals surface area contributed by atoms with Crippen molar-refractivity contribution in [3.05, 3.63) is 89.6 Å². The summed E-state index contributed by atoms with van der Waals surface area (Å²) in [6.45, 7) is 3.90. The summed E-state index contributed by atoms with van der Waals surface area (Å²) in [5.74, 6) is 0.00113. The van der Waals surface area contributed by atoms with Crippen molar-refractivity contribution in [2.45, 2.75) is 32.7 Å². The van der Waals surface area contributed by atoms with E-state index in [-0.39, 0.29) is 23.5 Å². The molecule has 9 heteroatoms. The molecule has 7 nitrogen and oxygen atoms in total. The molecule has 1 N–H and O–H groups in total. The first kappa shape index (κ1) is 24.8. The molecule has 0 saturated heterocycles. The predicted molar refractivity (Wildman–Crippen MR) is 136 cm³/mol. The molecule has 1 aromatic heterocycles. The van der Waals surface area contributed by atoms with Crippen LogP contribution in [0.15, 0.2) is 63.5 Å². The Morgan fingerprint density at radius 2 is 2.03 bits per heavy atom. The van der Waals surface area contributed by atoms with Gasteiger partial charge in [0.25, 0.3) is 5.56 Å². The van der Waals surface area contributed by atoms with E-state index in [0.29, 0.717) is 43.4 Å². The highest BCUT2D eigenvalue weighted by Gasteiger charge is 2.36. The van der Waals surface area contributed by atoms with Crippen LogP contribution in [0.25, 0.3) is 6.08 Å². The van der Waals surface area contributed by atoms with Gasteiger partial charge in [0.05, 0.1) is 29.5 Å². The summed E-state index contributed by atoms with van der Waals surface area (Å²) in [6, 6.07) is 11.0. The number of benzene rings is 2. The molecule has 182 valence electrons. The van der Waals surface area contributed by atoms with Gasteiger partial charge in [-0.2, -0.15) is 0 Å². The van der Waals surface area contributed by atoms with Gasteiger partial charge in [0.15, 0.2) is 4.80 Å². The summed E-state index contributed by atoms with van der Waals surface area (Å²) in [7, 11) is 1.52. The van der Waals surface area contributed by atoms with Crippen molar-refractivity contribution in [3.8, 4) is 11.5 Å². The second-order valence-electron chi connectivity index (χ2n) is 7.86. The highest BCUT2D eigenvalue weighted by Crippen LogP contribution is 2.38. The molecule has 2 heterocycles. The van der Waals surface area contributed by atoms with E-state index in [9.17, 15) is 14.7 Å². The molecule has 0 radical (unpaired) electrons. The van der Waals surface area contributed by atoms with E-state index in [4.69, 9.17) is 26.1 Å². The topological polar surface area (TPSA) is 90.1 Å². The first-order valence-electron chi connectivity index (χ1n) is 11.2. The number of ether oxygens (including phenoxy) is 2. The van der Waals surface area contributed by atoms with Gasteiger partial charge in [0, 0.05) is 16.1 Å². The fraction of sp³-hybridized carbons (Fsp3) is 0.269. The molecule has 3 aromatic rings. The van der Waals surface area contributed by atoms with E-state index in [1.807, 2.05) is 6.92 Å². The van der Waals surface area contributed by atoms with Crippen molar-refractivity contribution in [1.29, 1.82) is 0 Å². The number of rotatable bonds is 7. The Morgan fingerprint density at radius 1 is 1.26 bits per heavy atom. The van der Waals surface area contributed by atoms with Crippen LogP contribution in [-0.4, -0.2) is 29.4 Å². The molecule has 1 aliphatic rings. The molecular formula is C26H25ClN2O5S. The Balaban J connectivity index is 2.07. The first-order chi connectivity index (χ1) is 16.9. The third-order valence-corrected chi connectivity index (χ3v) is 6.82. The molecule has 1 aliphatic heterocycles. The van der Waals surface area contributed by atoms with Crippen LogP contribution in [0.2, 0.25) is 5.02 Å². The van der Waals surface area contributed by atoms with Crippen LogP contribution in [-0.2, 0) is 9.53 Å². The van der Waals surface area contributed by atoms with Crippen molar-refractivity contribution < 1.29 is 19.4 Å². The largest absolute Gasteiger partial charge is 0.507 e. The minimum absolute atomic E-state index is 0.0604. The zero-order valence-electron chi connectivity index (χ0n) is 19.6. The second-order valence-corrected chi connectivity index (χ2v) is 9.30. The zero-order chi connectivity index (χ0) is 25.1. The van der Waals surface area contributed by atoms with E-state index in [1.165, 1.54) is 23.0 Å². The van der Waals surface area contributed by atoms with Crippen LogP contribution in [0, 0.1) is 0 Å². The maximum absolute atomic E-state index is 13.7. The van der Waals surface area contributed by atoms with Crippen molar-refractivity contribution >= 4 is 35.0 Å². The molecule has 0 spiro atoms. The fourth-order valence-electron chi connectivity index (χ4n) is 4.08. The number of aromatic nitrogens is 1. The molecule has 1 atom stereocenters. The fourth-order valence-corrected chi connectivity index (χ4v) is 5.28. The van der Waals surface area contributed by atoms with Crippen LogP contribution < -0.4 is 19.6 Å². The molecule has 0 saturated carbocycles. The third-order valence-electron chi connectivity index (χ3n) is 5.60. The van der Waals surface area contributed by atoms with Gasteiger partial charge in [0.2, 0.25) is 0 Å². The maximum Gasteiger partial charge on any atom is 0.338 e. The van der Waals surface area contributed by atoms with Gasteiger partial charge in [0.1, 0.15) is 17.5 Å². The Hall–Kier alpha value is -3.36. The number of fused-ring (bicyclic) bond motifs is 1. The molecule has 0 unspecified atom stereocenters. The molecule has 35 heavy (non-hydrogen) atoms. The summed E-state index contributed by atoms with van der Waals surface area (Å²) >= 11 is 7.54. The number of hydrogen-bond donors (Lipinski definition) is 1. The van der Waals surface area contributed by atoms with E-state index in [1.54, 1.807) is 55.5 Å². The standard InChI is InChI=1S/C26H25ClN2O5S/c1-4-8-18-22(25(32)34-5-2)23(17-14-16(27)11-12-20(17)33-3)29-24(31)21(35-26(29)28-18)13-15-9-6-7-10-19(15)30/h6-7,9-14,23,30H,4-5,8H2,1-3H3/b21-13+/t23-/m1/s1. The Morgan fingerprint density at radius 3 is 2.71 bits per heavy atom. The number of phenols is 1. The van der Waals surface area contributed by atoms with Crippen LogP contribution in [0.4, 0.5) is 0 Å². The summed E-state index contributed by atoms with van der Waals surface area (Å²) in [5, 5.41) is 10.7. The summed E-state index contributed by atoms with van der Waals surface area (Å²) in [5.41, 5.74) is 1.57. The summed E-state index contributed by atoms with van der Waals surface area (Å²) in [6.07, 6.45) is 2.89. The number of thiazole rings is 1. The predicted octanol–water partition coefficient (Wildman–Crippen LogP) is 3.95. The van der Waals surface area contributed by atoms with Gasteiger partial charge < -0.3 is 14.6 Å². The van der Waals surface area contributed by atoms with Crippen LogP contribution in [0.3, 0.4) is 0 Å². The third kappa shape index (κ3) is 4.76. The highest BCUT2D eigenvalue weighted by molar-refractivity contribution is 7.07. The number of para-hydroxylation sites is 1. The number of carbonyl (C=O) groups excluding carboxylic acids is 1. The lowest BCUT2D eigenvalue weighted by molar-refractivity contribution is -0.139. The number of phenolic OH excluding ortho intramolecular Hbond substituents is 1. The molecule has 2 aromatic carbocycles. The van der Waals surface area contributed by atoms with Crippen molar-refractivity contribution in [2.75, 3.05) is 13.7 Å². The number of aromatic hydroxyl groups is 1. The lowest BCUT2D eigenvalue weighted by atomic mass is 9.93. The van der Waals surface area contributed by atoms with Crippen molar-refractivity contribution in [1.82, 2.24) is 4.57 Å². The van der Waals surface area contributed by atoms with Gasteiger partial charge in [-0.1, -0.05) is 54.5 Å². The first-order valence-corrected chi connectivity index (χ1v) is 12.4. The van der Waals surface area contributed by atoms with Gasteiger partial charge in [-0.15, -0.1) is 0 Å². The van der Waals surface area contributed by atoms with E-state index < -0.39 is 12.0 Å². The SMILES string of the molecule is CCCC1=C(C(=O)OCC)[C@@H](c2cc(Cl)ccc2OC)n2c(s/c(=C/c3ccccc3O)c2=O)=N1. The summed E-state index contributed by atoms with van der Waals surface area (Å²) < 4.78 is 12.9. The van der Waals surface area contributed by atoms with Crippen LogP contribution >= 0.6 is 22.9 Å². The lowest BCUT2D eigenvalue weighted by Gasteiger charge is -2.27. The number of nitrogens with zero attached hydrogens (tertiary/aromatic N) is 2. The Kier molecular flexibility index (Phi) is 7.42. The monoisotopic (exact) mass is 512 g/mol. The second kappa shape index (κ2) is 10.5. The summed E-state index contributed by atoms with van der Waals surface area (Å²) in [4.78, 5) is 32.2. The van der Waals surface area contributed by atoms with E-state index in [0.717, 1.165) is 6.42 Å². The minimum atomic E-state index is -0.841. The van der Waals surface area contributed by atoms with Crippen molar-refractivity contribution in [3.63, 3.8) is 0 Å². The van der Waals surface area contributed by atoms with Crippen molar-refractivity contribution in [2.24, 2.45) is 4.99 Å². The quantitative estimate of drug-likeness (QED) is 0.484. The smallest absolute Gasteiger partial charge is 0.338 e. The maximum atomic E-state index is 13.7. The Bertz CT molecular complexity index is 1490. The molecule has 0 aliphatic carbocycles. The minimum Gasteiger partial charge on any atom is -0.507 e. The van der Waals surface area contributed by atoms with E-state index >= 15 is 0 Å². The average Bonchev–Trinajstić information content (AvgIpc) is 3.14. The molecule has 4 rings (SSSR count). The number of hydrogen-bond acceptors (Lipinski definition) is 7. The zero-order valence-corrected chi connectivity index (χ0v) is 21.2. The number of methoxy groups -OCH3 is 1. The number of carbonyl (C=O) groups is 1.